The molecule has 0 aromatic rings. The van der Waals surface area contributed by atoms with Crippen LogP contribution in [0.25, 0.3) is 0 Å². The summed E-state index contributed by atoms with van der Waals surface area (Å²) in [5.74, 6) is -0.359. The van der Waals surface area contributed by atoms with Gasteiger partial charge in [-0.05, 0) is 61.8 Å². The zero-order valence-corrected chi connectivity index (χ0v) is 15.2. The molecule has 0 spiro atoms. The van der Waals surface area contributed by atoms with Crippen LogP contribution in [-0.4, -0.2) is 28.9 Å². The first-order valence-corrected chi connectivity index (χ1v) is 7.91. The molecule has 0 saturated carbocycles. The van der Waals surface area contributed by atoms with Crippen molar-refractivity contribution in [3.63, 3.8) is 0 Å². The number of hydrogen-bond donors (Lipinski definition) is 3. The Bertz CT molecular complexity index is 481. The van der Waals surface area contributed by atoms with Crippen LogP contribution in [0.1, 0.15) is 61.8 Å². The molecule has 0 fully saturated rings. The molecular weight excluding hydrogens is 278 g/mol. The van der Waals surface area contributed by atoms with Gasteiger partial charge in [-0.3, -0.25) is 9.59 Å². The van der Waals surface area contributed by atoms with Gasteiger partial charge in [0, 0.05) is 28.4 Å². The topological polar surface area (TPSA) is 70.2 Å². The number of amides is 2. The van der Waals surface area contributed by atoms with Crippen molar-refractivity contribution in [2.75, 3.05) is 0 Å². The van der Waals surface area contributed by atoms with E-state index in [9.17, 15) is 9.59 Å². The maximum absolute atomic E-state index is 12.5. The summed E-state index contributed by atoms with van der Waals surface area (Å²) in [7, 11) is 0. The summed E-state index contributed by atoms with van der Waals surface area (Å²) in [6.07, 6.45) is 0.462. The third-order valence-electron chi connectivity index (χ3n) is 3.52. The van der Waals surface area contributed by atoms with Gasteiger partial charge in [-0.1, -0.05) is 0 Å². The first kappa shape index (κ1) is 18.5. The molecule has 5 nitrogen and oxygen atoms in total. The summed E-state index contributed by atoms with van der Waals surface area (Å²) in [6.45, 7) is 15.6. The zero-order chi connectivity index (χ0) is 17.3. The number of carbonyl (C=O) groups excluding carboxylic acids is 2. The number of nitrogens with one attached hydrogen (secondary N) is 3. The average Bonchev–Trinajstić information content (AvgIpc) is 2.23. The van der Waals surface area contributed by atoms with Crippen molar-refractivity contribution in [2.24, 2.45) is 5.92 Å². The Morgan fingerprint density at radius 1 is 1.05 bits per heavy atom. The fourth-order valence-electron chi connectivity index (χ4n) is 2.54. The van der Waals surface area contributed by atoms with E-state index in [2.05, 4.69) is 16.0 Å². The van der Waals surface area contributed by atoms with Gasteiger partial charge in [-0.15, -0.1) is 0 Å². The molecule has 2 atom stereocenters. The van der Waals surface area contributed by atoms with Gasteiger partial charge in [0.25, 0.3) is 0 Å². The van der Waals surface area contributed by atoms with E-state index in [1.807, 2.05) is 55.4 Å². The van der Waals surface area contributed by atoms with Crippen LogP contribution >= 0.6 is 0 Å². The third-order valence-corrected chi connectivity index (χ3v) is 3.52. The molecule has 0 unspecified atom stereocenters. The summed E-state index contributed by atoms with van der Waals surface area (Å²) in [5.41, 5.74) is 0.952. The molecule has 0 radical (unpaired) electrons. The molecule has 0 bridgehead atoms. The summed E-state index contributed by atoms with van der Waals surface area (Å²) in [5, 5.41) is 9.25. The van der Waals surface area contributed by atoms with Gasteiger partial charge in [0.1, 0.15) is 0 Å². The maximum atomic E-state index is 12.5. The number of allylic oxidation sites excluding steroid dienone is 1. The number of hydrogen-bond acceptors (Lipinski definition) is 3. The van der Waals surface area contributed by atoms with Gasteiger partial charge in [-0.25, -0.2) is 0 Å². The lowest BCUT2D eigenvalue weighted by atomic mass is 9.86. The van der Waals surface area contributed by atoms with Crippen LogP contribution < -0.4 is 16.0 Å². The van der Waals surface area contributed by atoms with Crippen LogP contribution in [0.5, 0.6) is 0 Å². The van der Waals surface area contributed by atoms with Gasteiger partial charge in [0.2, 0.25) is 11.8 Å². The Labute approximate surface area is 134 Å². The molecule has 0 aromatic heterocycles. The molecule has 1 rings (SSSR count). The highest BCUT2D eigenvalue weighted by Crippen LogP contribution is 2.25. The Hall–Kier alpha value is -1.52. The molecule has 0 aliphatic carbocycles. The van der Waals surface area contributed by atoms with Gasteiger partial charge >= 0.3 is 0 Å². The largest absolute Gasteiger partial charge is 0.385 e. The Kier molecular flexibility index (Phi) is 5.31. The van der Waals surface area contributed by atoms with Crippen molar-refractivity contribution < 1.29 is 9.59 Å². The third kappa shape index (κ3) is 5.35. The molecule has 3 N–H and O–H groups in total. The molecule has 5 heteroatoms. The molecule has 1 heterocycles. The van der Waals surface area contributed by atoms with Gasteiger partial charge in [-0.2, -0.15) is 0 Å². The second-order valence-electron chi connectivity index (χ2n) is 8.29. The Balaban J connectivity index is 2.91. The van der Waals surface area contributed by atoms with E-state index in [1.165, 1.54) is 0 Å². The van der Waals surface area contributed by atoms with E-state index in [4.69, 9.17) is 0 Å². The van der Waals surface area contributed by atoms with Crippen molar-refractivity contribution in [1.29, 1.82) is 0 Å². The summed E-state index contributed by atoms with van der Waals surface area (Å²) in [6, 6.07) is 0.00790. The van der Waals surface area contributed by atoms with Crippen molar-refractivity contribution in [1.82, 2.24) is 16.0 Å². The Morgan fingerprint density at radius 2 is 1.55 bits per heavy atom. The predicted molar refractivity (Wildman–Crippen MR) is 89.2 cm³/mol. The molecule has 1 aliphatic heterocycles. The van der Waals surface area contributed by atoms with E-state index in [-0.39, 0.29) is 34.9 Å². The summed E-state index contributed by atoms with van der Waals surface area (Å²) < 4.78 is 0. The highest BCUT2D eigenvalue weighted by molar-refractivity contribution is 5.96. The van der Waals surface area contributed by atoms with E-state index in [0.29, 0.717) is 12.0 Å². The predicted octanol–water partition coefficient (Wildman–Crippen LogP) is 2.09. The van der Waals surface area contributed by atoms with Crippen LogP contribution in [0.3, 0.4) is 0 Å². The highest BCUT2D eigenvalue weighted by atomic mass is 16.2. The van der Waals surface area contributed by atoms with Gasteiger partial charge in [0.15, 0.2) is 0 Å². The van der Waals surface area contributed by atoms with Crippen molar-refractivity contribution in [3.8, 4) is 0 Å². The lowest BCUT2D eigenvalue weighted by Crippen LogP contribution is -2.52. The molecule has 22 heavy (non-hydrogen) atoms. The van der Waals surface area contributed by atoms with Gasteiger partial charge in [0.05, 0.1) is 5.92 Å². The van der Waals surface area contributed by atoms with E-state index in [1.54, 1.807) is 0 Å². The normalized spacial score (nSPS) is 22.9. The lowest BCUT2D eigenvalue weighted by molar-refractivity contribution is -0.127. The fourth-order valence-corrected chi connectivity index (χ4v) is 2.54. The van der Waals surface area contributed by atoms with E-state index >= 15 is 0 Å². The van der Waals surface area contributed by atoms with Crippen LogP contribution in [0, 0.1) is 5.92 Å². The molecular formula is C17H31N3O2. The van der Waals surface area contributed by atoms with Crippen LogP contribution in [0.2, 0.25) is 0 Å². The quantitative estimate of drug-likeness (QED) is 0.731. The number of rotatable bonds is 2. The SMILES string of the molecule is CC1=C(C(=O)NC(C)(C)C)C[C@H](C(=O)NC(C)(C)C)[C@@H](C)N1. The van der Waals surface area contributed by atoms with Crippen LogP contribution in [-0.2, 0) is 9.59 Å². The highest BCUT2D eigenvalue weighted by Gasteiger charge is 2.35. The van der Waals surface area contributed by atoms with Gasteiger partial charge < -0.3 is 16.0 Å². The standard InChI is InChI=1S/C17H31N3O2/c1-10-12(14(21)19-16(3,4)5)9-13(11(2)18-10)15(22)20-17(6,7)8/h10,12,18H,9H2,1-8H3,(H,19,21)(H,20,22)/t10-,12+/m1/s1. The second-order valence-corrected chi connectivity index (χ2v) is 8.29. The minimum Gasteiger partial charge on any atom is -0.385 e. The summed E-state index contributed by atoms with van der Waals surface area (Å²) >= 11 is 0. The monoisotopic (exact) mass is 309 g/mol. The van der Waals surface area contributed by atoms with Crippen molar-refractivity contribution >= 4 is 11.8 Å². The molecule has 0 saturated heterocycles. The lowest BCUT2D eigenvalue weighted by Gasteiger charge is -2.34. The molecule has 2 amide bonds. The maximum Gasteiger partial charge on any atom is 0.249 e. The fraction of sp³-hybridized carbons (Fsp3) is 0.765. The average molecular weight is 309 g/mol. The zero-order valence-electron chi connectivity index (χ0n) is 15.2. The van der Waals surface area contributed by atoms with Crippen LogP contribution in [0.15, 0.2) is 11.3 Å². The molecule has 126 valence electrons. The second kappa shape index (κ2) is 6.31. The minimum atomic E-state index is -0.295. The molecule has 1 aliphatic rings. The van der Waals surface area contributed by atoms with E-state index < -0.39 is 0 Å². The van der Waals surface area contributed by atoms with Crippen LogP contribution in [0.4, 0.5) is 0 Å². The minimum absolute atomic E-state index is 0.00790. The summed E-state index contributed by atoms with van der Waals surface area (Å²) in [4.78, 5) is 24.9. The van der Waals surface area contributed by atoms with E-state index in [0.717, 1.165) is 5.70 Å². The number of carbonyl (C=O) groups is 2. The molecule has 0 aromatic carbocycles. The smallest absolute Gasteiger partial charge is 0.249 e. The van der Waals surface area contributed by atoms with Crippen molar-refractivity contribution in [2.45, 2.75) is 78.9 Å². The van der Waals surface area contributed by atoms with Crippen molar-refractivity contribution in [3.05, 3.63) is 11.3 Å². The Morgan fingerprint density at radius 3 is 2.00 bits per heavy atom. The first-order chi connectivity index (χ1) is 9.80. The first-order valence-electron chi connectivity index (χ1n) is 7.91.